The topological polar surface area (TPSA) is 380 Å². The number of benzene rings is 1. The van der Waals surface area contributed by atoms with E-state index in [-0.39, 0.29) is 49.0 Å². The van der Waals surface area contributed by atoms with E-state index in [1.54, 1.807) is 0 Å². The predicted octanol–water partition coefficient (Wildman–Crippen LogP) is -5.34. The monoisotopic (exact) mass is 816 g/mol. The molecular formula is C31H48N10O12S2. The third-order valence-corrected chi connectivity index (χ3v) is 8.21. The van der Waals surface area contributed by atoms with Crippen molar-refractivity contribution in [3.63, 3.8) is 0 Å². The highest BCUT2D eigenvalue weighted by atomic mass is 32.1. The van der Waals surface area contributed by atoms with E-state index >= 15 is 0 Å². The van der Waals surface area contributed by atoms with Crippen LogP contribution in [0.15, 0.2) is 29.3 Å². The normalized spacial score (nSPS) is 14.6. The van der Waals surface area contributed by atoms with Gasteiger partial charge in [-0.1, -0.05) is 12.1 Å². The number of carbonyl (C=O) groups is 8. The average molecular weight is 817 g/mol. The molecule has 1 rings (SSSR count). The number of nitrogens with zero attached hydrogens (tertiary/aromatic N) is 1. The van der Waals surface area contributed by atoms with Gasteiger partial charge >= 0.3 is 11.9 Å². The number of rotatable bonds is 24. The quantitative estimate of drug-likeness (QED) is 0.0200. The number of aliphatic carboxylic acids is 2. The lowest BCUT2D eigenvalue weighted by Crippen LogP contribution is -2.59. The molecule has 0 saturated heterocycles. The largest absolute Gasteiger partial charge is 0.508 e. The number of aliphatic imine (C=N–C) groups is 1. The van der Waals surface area contributed by atoms with Crippen LogP contribution >= 0.6 is 25.3 Å². The minimum absolute atomic E-state index is 0.0467. The number of amides is 6. The number of aromatic hydroxyl groups is 1. The Bertz CT molecular complexity index is 1550. The molecule has 0 fully saturated rings. The van der Waals surface area contributed by atoms with Crippen molar-refractivity contribution in [2.45, 2.75) is 75.0 Å². The summed E-state index contributed by atoms with van der Waals surface area (Å²) in [6.07, 6.45) is -2.33. The molecule has 0 aliphatic carbocycles. The molecule has 0 aliphatic rings. The van der Waals surface area contributed by atoms with Crippen molar-refractivity contribution >= 4 is 78.6 Å². The third kappa shape index (κ3) is 18.0. The summed E-state index contributed by atoms with van der Waals surface area (Å²) in [6.45, 7) is 0.487. The molecule has 0 bridgehead atoms. The van der Waals surface area contributed by atoms with Crippen LogP contribution in [0.5, 0.6) is 5.75 Å². The van der Waals surface area contributed by atoms with Crippen LogP contribution in [-0.2, 0) is 44.8 Å². The Balaban J connectivity index is 3.00. The molecule has 55 heavy (non-hydrogen) atoms. The van der Waals surface area contributed by atoms with Crippen molar-refractivity contribution < 1.29 is 58.8 Å². The maximum atomic E-state index is 13.1. The highest BCUT2D eigenvalue weighted by Crippen LogP contribution is 2.12. The van der Waals surface area contributed by atoms with Gasteiger partial charge in [0.2, 0.25) is 35.4 Å². The number of aliphatic hydroxyl groups is 1. The van der Waals surface area contributed by atoms with E-state index in [0.717, 1.165) is 0 Å². The first-order chi connectivity index (χ1) is 25.8. The molecule has 6 amide bonds. The lowest BCUT2D eigenvalue weighted by atomic mass is 10.1. The molecule has 0 spiro atoms. The molecule has 0 unspecified atom stereocenters. The molecule has 0 aromatic heterocycles. The van der Waals surface area contributed by atoms with E-state index < -0.39 is 103 Å². The van der Waals surface area contributed by atoms with Gasteiger partial charge in [-0.3, -0.25) is 38.6 Å². The maximum Gasteiger partial charge on any atom is 0.326 e. The number of phenolic OH excluding ortho intramolecular Hbond substituents is 1. The molecule has 0 radical (unpaired) electrons. The number of aliphatic hydroxyl groups excluding tert-OH is 1. The molecule has 24 heteroatoms. The predicted molar refractivity (Wildman–Crippen MR) is 202 cm³/mol. The van der Waals surface area contributed by atoms with Crippen LogP contribution in [-0.4, -0.2) is 141 Å². The zero-order chi connectivity index (χ0) is 41.8. The molecule has 16 N–H and O–H groups in total. The van der Waals surface area contributed by atoms with Gasteiger partial charge in [-0.25, -0.2) is 4.79 Å². The first-order valence-electron chi connectivity index (χ1n) is 16.5. The lowest BCUT2D eigenvalue weighted by molar-refractivity contribution is -0.143. The van der Waals surface area contributed by atoms with Crippen LogP contribution in [0.2, 0.25) is 0 Å². The number of nitrogens with two attached hydrogens (primary N) is 3. The summed E-state index contributed by atoms with van der Waals surface area (Å²) in [5.74, 6) is -9.68. The lowest BCUT2D eigenvalue weighted by Gasteiger charge is -2.24. The third-order valence-electron chi connectivity index (χ3n) is 7.48. The van der Waals surface area contributed by atoms with Gasteiger partial charge in [-0.2, -0.15) is 25.3 Å². The van der Waals surface area contributed by atoms with Crippen LogP contribution in [0.3, 0.4) is 0 Å². The standard InChI is InChI=1S/C31H48N10O12S2/c1-14(42)24(32)29(51)41-21(13-55)27(49)38-17(3-2-8-35-31(33)34)25(47)36-11-22(44)37-18(10-23(45)46)26(48)40-20(12-54)28(50)39-19(30(52)53)9-15-4-6-16(43)7-5-15/h4-7,14,17-21,24,42-43,54-55H,2-3,8-13,32H2,1H3,(H,36,47)(H,37,44)(H,38,49)(H,39,50)(H,40,48)(H,41,51)(H,45,46)(H,52,53)(H4,33,34,35)/t14-,17+,18+,19+,20+,21+,24+/m1/s1. The summed E-state index contributed by atoms with van der Waals surface area (Å²) in [5.41, 5.74) is 16.7. The smallest absolute Gasteiger partial charge is 0.326 e. The SMILES string of the molecule is C[C@@H](O)[C@H](N)C(=O)N[C@@H](CS)C(=O)N[C@@H](CCCN=C(N)N)C(=O)NCC(=O)N[C@@H](CC(=O)O)C(=O)N[C@@H](CS)C(=O)N[C@@H](Cc1ccc(O)cc1)C(=O)O. The van der Waals surface area contributed by atoms with Gasteiger partial charge in [0.15, 0.2) is 5.96 Å². The van der Waals surface area contributed by atoms with Gasteiger partial charge in [-0.05, 0) is 37.5 Å². The van der Waals surface area contributed by atoms with Crippen molar-refractivity contribution in [3.8, 4) is 5.75 Å². The number of carbonyl (C=O) groups excluding carboxylic acids is 6. The van der Waals surface area contributed by atoms with Crippen LogP contribution in [0.4, 0.5) is 0 Å². The molecule has 0 saturated carbocycles. The molecule has 1 aromatic carbocycles. The maximum absolute atomic E-state index is 13.1. The molecule has 306 valence electrons. The number of nitrogens with one attached hydrogen (secondary N) is 6. The van der Waals surface area contributed by atoms with Crippen molar-refractivity contribution in [2.75, 3.05) is 24.6 Å². The van der Waals surface area contributed by atoms with Gasteiger partial charge in [0.05, 0.1) is 19.1 Å². The number of hydrogen-bond donors (Lipinski definition) is 15. The van der Waals surface area contributed by atoms with E-state index in [1.165, 1.54) is 31.2 Å². The van der Waals surface area contributed by atoms with Crippen LogP contribution < -0.4 is 49.1 Å². The summed E-state index contributed by atoms with van der Waals surface area (Å²) < 4.78 is 0. The molecule has 7 atom stereocenters. The Labute approximate surface area is 326 Å². The zero-order valence-electron chi connectivity index (χ0n) is 29.6. The van der Waals surface area contributed by atoms with Gasteiger partial charge in [0, 0.05) is 24.5 Å². The summed E-state index contributed by atoms with van der Waals surface area (Å²) in [5, 5.41) is 51.6. The Morgan fingerprint density at radius 3 is 1.75 bits per heavy atom. The van der Waals surface area contributed by atoms with Crippen molar-refractivity contribution in [1.82, 2.24) is 31.9 Å². The summed E-state index contributed by atoms with van der Waals surface area (Å²) >= 11 is 8.07. The molecule has 0 heterocycles. The van der Waals surface area contributed by atoms with Crippen molar-refractivity contribution in [3.05, 3.63) is 29.8 Å². The zero-order valence-corrected chi connectivity index (χ0v) is 31.4. The molecule has 0 aliphatic heterocycles. The molecule has 1 aromatic rings. The second-order valence-corrected chi connectivity index (χ2v) is 12.7. The minimum Gasteiger partial charge on any atom is -0.508 e. The van der Waals surface area contributed by atoms with E-state index in [2.05, 4.69) is 62.2 Å². The minimum atomic E-state index is -1.78. The average Bonchev–Trinajstić information content (AvgIpc) is 3.12. The number of carboxylic acids is 2. The Morgan fingerprint density at radius 2 is 1.25 bits per heavy atom. The first kappa shape index (κ1) is 47.7. The Kier molecular flexibility index (Phi) is 20.9. The van der Waals surface area contributed by atoms with Gasteiger partial charge < -0.3 is 69.5 Å². The van der Waals surface area contributed by atoms with Crippen LogP contribution in [0.25, 0.3) is 0 Å². The number of phenols is 1. The Hall–Kier alpha value is -5.33. The molecule has 22 nitrogen and oxygen atoms in total. The second-order valence-electron chi connectivity index (χ2n) is 12.0. The van der Waals surface area contributed by atoms with E-state index in [0.29, 0.717) is 5.56 Å². The van der Waals surface area contributed by atoms with Crippen LogP contribution in [0.1, 0.15) is 31.7 Å². The fourth-order valence-electron chi connectivity index (χ4n) is 4.45. The molecular weight excluding hydrogens is 769 g/mol. The number of guanidine groups is 1. The van der Waals surface area contributed by atoms with E-state index in [1.807, 2.05) is 0 Å². The van der Waals surface area contributed by atoms with Gasteiger partial charge in [-0.15, -0.1) is 0 Å². The fourth-order valence-corrected chi connectivity index (χ4v) is 4.97. The van der Waals surface area contributed by atoms with E-state index in [9.17, 15) is 58.8 Å². The summed E-state index contributed by atoms with van der Waals surface area (Å²) in [7, 11) is 0. The first-order valence-corrected chi connectivity index (χ1v) is 17.8. The Morgan fingerprint density at radius 1 is 0.745 bits per heavy atom. The summed E-state index contributed by atoms with van der Waals surface area (Å²) in [4.78, 5) is 104. The summed E-state index contributed by atoms with van der Waals surface area (Å²) in [6, 6.07) is -3.20. The van der Waals surface area contributed by atoms with Gasteiger partial charge in [0.1, 0.15) is 42.0 Å². The van der Waals surface area contributed by atoms with Gasteiger partial charge in [0.25, 0.3) is 0 Å². The van der Waals surface area contributed by atoms with Crippen molar-refractivity contribution in [2.24, 2.45) is 22.2 Å². The second kappa shape index (κ2) is 24.2. The van der Waals surface area contributed by atoms with E-state index in [4.69, 9.17) is 17.2 Å². The number of carboxylic acid groups (broad SMARTS) is 2. The number of thiol groups is 2. The fraction of sp³-hybridized carbons (Fsp3) is 0.516. The number of hydrogen-bond acceptors (Lipinski definition) is 14. The van der Waals surface area contributed by atoms with Crippen molar-refractivity contribution in [1.29, 1.82) is 0 Å². The highest BCUT2D eigenvalue weighted by molar-refractivity contribution is 7.80. The van der Waals surface area contributed by atoms with Crippen LogP contribution in [0, 0.1) is 0 Å². The highest BCUT2D eigenvalue weighted by Gasteiger charge is 2.32.